The summed E-state index contributed by atoms with van der Waals surface area (Å²) in [4.78, 5) is 13.1. The van der Waals surface area contributed by atoms with Gasteiger partial charge in [0.1, 0.15) is 5.82 Å². The zero-order valence-corrected chi connectivity index (χ0v) is 14.9. The monoisotopic (exact) mass is 361 g/mol. The number of fused-ring (bicyclic) bond motifs is 2. The van der Waals surface area contributed by atoms with Crippen molar-refractivity contribution in [3.05, 3.63) is 72.5 Å². The number of hydrogen-bond donors (Lipinski definition) is 0. The van der Waals surface area contributed by atoms with Gasteiger partial charge in [-0.25, -0.2) is 9.97 Å². The average molecular weight is 361 g/mol. The third-order valence-corrected chi connectivity index (χ3v) is 4.89. The Kier molecular flexibility index (Phi) is 3.78. The summed E-state index contributed by atoms with van der Waals surface area (Å²) in [6, 6.07) is 6.13. The lowest BCUT2D eigenvalue weighted by Gasteiger charge is -2.14. The highest BCUT2D eigenvalue weighted by Crippen LogP contribution is 2.33. The van der Waals surface area contributed by atoms with E-state index in [0.29, 0.717) is 13.3 Å². The average Bonchev–Trinajstić information content (AvgIpc) is 3.41. The predicted octanol–water partition coefficient (Wildman–Crippen LogP) is 3.05. The Morgan fingerprint density at radius 2 is 2.00 bits per heavy atom. The Labute approximate surface area is 156 Å². The molecule has 1 aliphatic rings. The van der Waals surface area contributed by atoms with Crippen molar-refractivity contribution in [3.63, 3.8) is 0 Å². The van der Waals surface area contributed by atoms with Crippen molar-refractivity contribution in [2.24, 2.45) is 0 Å². The zero-order valence-electron chi connectivity index (χ0n) is 14.9. The van der Waals surface area contributed by atoms with Crippen molar-refractivity contribution in [3.8, 4) is 11.5 Å². The first-order valence-electron chi connectivity index (χ1n) is 8.93. The Hall–Kier alpha value is -3.35. The normalized spacial score (nSPS) is 14.0. The molecule has 4 heterocycles. The summed E-state index contributed by atoms with van der Waals surface area (Å²) in [6.45, 7) is 3.21. The Bertz CT molecular complexity index is 1100. The molecule has 0 bridgehead atoms. The van der Waals surface area contributed by atoms with E-state index in [4.69, 9.17) is 9.47 Å². The highest BCUT2D eigenvalue weighted by Gasteiger charge is 2.17. The van der Waals surface area contributed by atoms with Gasteiger partial charge in [0.05, 0.1) is 24.6 Å². The van der Waals surface area contributed by atoms with Crippen molar-refractivity contribution in [2.75, 3.05) is 6.79 Å². The summed E-state index contributed by atoms with van der Waals surface area (Å²) in [5, 5.41) is 0. The Balaban J connectivity index is 1.38. The number of hydrogen-bond acceptors (Lipinski definition) is 5. The Morgan fingerprint density at radius 1 is 1.07 bits per heavy atom. The van der Waals surface area contributed by atoms with E-state index in [2.05, 4.69) is 43.0 Å². The molecule has 7 nitrogen and oxygen atoms in total. The van der Waals surface area contributed by atoms with Gasteiger partial charge in [0.25, 0.3) is 0 Å². The van der Waals surface area contributed by atoms with Crippen molar-refractivity contribution in [1.29, 1.82) is 0 Å². The molecule has 136 valence electrons. The van der Waals surface area contributed by atoms with Crippen LogP contribution in [0, 0.1) is 0 Å². The van der Waals surface area contributed by atoms with Crippen LogP contribution in [-0.2, 0) is 13.0 Å². The van der Waals surface area contributed by atoms with Crippen LogP contribution >= 0.6 is 0 Å². The maximum atomic E-state index is 5.49. The van der Waals surface area contributed by atoms with E-state index in [-0.39, 0.29) is 5.92 Å². The van der Waals surface area contributed by atoms with Crippen LogP contribution in [0.2, 0.25) is 0 Å². The number of benzene rings is 1. The second-order valence-corrected chi connectivity index (χ2v) is 6.76. The van der Waals surface area contributed by atoms with Gasteiger partial charge in [0, 0.05) is 30.7 Å². The molecule has 4 aromatic rings. The number of rotatable bonds is 5. The molecule has 1 unspecified atom stereocenters. The smallest absolute Gasteiger partial charge is 0.231 e. The van der Waals surface area contributed by atoms with Crippen molar-refractivity contribution in [2.45, 2.75) is 25.8 Å². The number of nitrogens with zero attached hydrogens (tertiary/aromatic N) is 5. The first-order valence-corrected chi connectivity index (χ1v) is 8.93. The van der Waals surface area contributed by atoms with Gasteiger partial charge in [-0.3, -0.25) is 9.38 Å². The molecular weight excluding hydrogens is 342 g/mol. The van der Waals surface area contributed by atoms with E-state index in [9.17, 15) is 0 Å². The number of imidazole rings is 2. The standard InChI is InChI=1S/C20H19N5O2/c1-14(8-15-2-3-17-18(9-15)27-13-26-17)20-22-5-6-24(20)12-16-10-23-19-11-21-4-7-25(16)19/h2-7,9-11,14H,8,12-13H2,1H3. The minimum absolute atomic E-state index is 0.265. The molecule has 0 spiro atoms. The zero-order chi connectivity index (χ0) is 18.2. The van der Waals surface area contributed by atoms with E-state index in [1.165, 1.54) is 5.56 Å². The molecular formula is C20H19N5O2. The van der Waals surface area contributed by atoms with E-state index in [0.717, 1.165) is 35.1 Å². The fraction of sp³-hybridized carbons (Fsp3) is 0.250. The van der Waals surface area contributed by atoms with Gasteiger partial charge in [-0.1, -0.05) is 13.0 Å². The lowest BCUT2D eigenvalue weighted by molar-refractivity contribution is 0.174. The van der Waals surface area contributed by atoms with Crippen LogP contribution in [-0.4, -0.2) is 30.7 Å². The van der Waals surface area contributed by atoms with Gasteiger partial charge in [-0.15, -0.1) is 0 Å². The first-order chi connectivity index (χ1) is 13.3. The largest absolute Gasteiger partial charge is 0.454 e. The van der Waals surface area contributed by atoms with Crippen LogP contribution in [0.25, 0.3) is 5.65 Å². The molecule has 0 fully saturated rings. The van der Waals surface area contributed by atoms with Gasteiger partial charge >= 0.3 is 0 Å². The van der Waals surface area contributed by atoms with Crippen LogP contribution in [0.5, 0.6) is 11.5 Å². The lowest BCUT2D eigenvalue weighted by Crippen LogP contribution is -2.11. The summed E-state index contributed by atoms with van der Waals surface area (Å²) >= 11 is 0. The molecule has 0 saturated heterocycles. The van der Waals surface area contributed by atoms with E-state index < -0.39 is 0 Å². The molecule has 1 atom stereocenters. The number of ether oxygens (including phenoxy) is 2. The summed E-state index contributed by atoms with van der Waals surface area (Å²) in [5.41, 5.74) is 3.16. The lowest BCUT2D eigenvalue weighted by atomic mass is 10.00. The molecule has 0 N–H and O–H groups in total. The highest BCUT2D eigenvalue weighted by atomic mass is 16.7. The summed E-state index contributed by atoms with van der Waals surface area (Å²) in [7, 11) is 0. The van der Waals surface area contributed by atoms with Gasteiger partial charge in [0.2, 0.25) is 6.79 Å². The van der Waals surface area contributed by atoms with Crippen molar-refractivity contribution < 1.29 is 9.47 Å². The van der Waals surface area contributed by atoms with Crippen molar-refractivity contribution >= 4 is 5.65 Å². The van der Waals surface area contributed by atoms with Crippen molar-refractivity contribution in [1.82, 2.24) is 23.9 Å². The van der Waals surface area contributed by atoms with Gasteiger partial charge < -0.3 is 14.0 Å². The predicted molar refractivity (Wildman–Crippen MR) is 99.0 cm³/mol. The Morgan fingerprint density at radius 3 is 2.96 bits per heavy atom. The first kappa shape index (κ1) is 15.9. The third-order valence-electron chi connectivity index (χ3n) is 4.89. The third kappa shape index (κ3) is 2.91. The molecule has 0 aliphatic carbocycles. The minimum atomic E-state index is 0.265. The second-order valence-electron chi connectivity index (χ2n) is 6.76. The SMILES string of the molecule is CC(Cc1ccc2c(c1)OCO2)c1nccn1Cc1cnc2cnccn12. The topological polar surface area (TPSA) is 66.5 Å². The molecule has 27 heavy (non-hydrogen) atoms. The number of aromatic nitrogens is 5. The molecule has 0 radical (unpaired) electrons. The van der Waals surface area contributed by atoms with Crippen LogP contribution in [0.3, 0.4) is 0 Å². The maximum Gasteiger partial charge on any atom is 0.231 e. The quantitative estimate of drug-likeness (QED) is 0.547. The summed E-state index contributed by atoms with van der Waals surface area (Å²) < 4.78 is 15.1. The summed E-state index contributed by atoms with van der Waals surface area (Å²) in [5.74, 6) is 2.95. The fourth-order valence-corrected chi connectivity index (χ4v) is 3.58. The van der Waals surface area contributed by atoms with Crippen LogP contribution < -0.4 is 9.47 Å². The van der Waals surface area contributed by atoms with Crippen LogP contribution in [0.1, 0.15) is 29.9 Å². The molecule has 1 aromatic carbocycles. The second kappa shape index (κ2) is 6.42. The van der Waals surface area contributed by atoms with Gasteiger partial charge in [-0.2, -0.15) is 0 Å². The molecule has 5 rings (SSSR count). The minimum Gasteiger partial charge on any atom is -0.454 e. The highest BCUT2D eigenvalue weighted by molar-refractivity contribution is 5.44. The van der Waals surface area contributed by atoms with Crippen LogP contribution in [0.15, 0.2) is 55.4 Å². The molecule has 3 aromatic heterocycles. The molecule has 0 saturated carbocycles. The molecule has 1 aliphatic heterocycles. The van der Waals surface area contributed by atoms with Gasteiger partial charge in [0.15, 0.2) is 17.1 Å². The van der Waals surface area contributed by atoms with Gasteiger partial charge in [-0.05, 0) is 24.1 Å². The molecule has 7 heteroatoms. The van der Waals surface area contributed by atoms with E-state index in [1.54, 1.807) is 12.4 Å². The fourth-order valence-electron chi connectivity index (χ4n) is 3.58. The van der Waals surface area contributed by atoms with E-state index in [1.807, 2.05) is 30.9 Å². The summed E-state index contributed by atoms with van der Waals surface area (Å²) in [6.07, 6.45) is 12.1. The van der Waals surface area contributed by atoms with E-state index >= 15 is 0 Å². The molecule has 0 amide bonds. The van der Waals surface area contributed by atoms with Crippen LogP contribution in [0.4, 0.5) is 0 Å². The maximum absolute atomic E-state index is 5.49.